The van der Waals surface area contributed by atoms with Crippen LogP contribution in [0.4, 0.5) is 0 Å². The zero-order valence-electron chi connectivity index (χ0n) is 11.8. The van der Waals surface area contributed by atoms with E-state index >= 15 is 0 Å². The van der Waals surface area contributed by atoms with E-state index in [9.17, 15) is 4.79 Å². The van der Waals surface area contributed by atoms with Crippen molar-refractivity contribution in [3.05, 3.63) is 32.4 Å². The minimum Gasteiger partial charge on any atom is -0.370 e. The molecule has 1 aliphatic rings. The summed E-state index contributed by atoms with van der Waals surface area (Å²) < 4.78 is 7.74. The highest BCUT2D eigenvalue weighted by Crippen LogP contribution is 2.27. The minimum absolute atomic E-state index is 0.0913. The van der Waals surface area contributed by atoms with Gasteiger partial charge in [-0.1, -0.05) is 0 Å². The van der Waals surface area contributed by atoms with Crippen molar-refractivity contribution in [1.82, 2.24) is 14.5 Å². The lowest BCUT2D eigenvalue weighted by Gasteiger charge is -2.31. The SMILES string of the molecule is CCn1c(=S)[nH]c2nc3c(cc2c1=O)COC(C)(C)C3. The molecule has 1 N–H and O–H groups in total. The molecule has 5 nitrogen and oxygen atoms in total. The summed E-state index contributed by atoms with van der Waals surface area (Å²) in [5.74, 6) is 0. The van der Waals surface area contributed by atoms with Crippen LogP contribution in [0.25, 0.3) is 11.0 Å². The molecule has 20 heavy (non-hydrogen) atoms. The number of fused-ring (bicyclic) bond motifs is 2. The van der Waals surface area contributed by atoms with Crippen LogP contribution >= 0.6 is 12.2 Å². The van der Waals surface area contributed by atoms with Crippen molar-refractivity contribution < 1.29 is 4.74 Å². The zero-order valence-corrected chi connectivity index (χ0v) is 12.6. The molecule has 1 aliphatic heterocycles. The summed E-state index contributed by atoms with van der Waals surface area (Å²) in [6.45, 7) is 7.02. The van der Waals surface area contributed by atoms with Gasteiger partial charge in [0.1, 0.15) is 5.65 Å². The summed E-state index contributed by atoms with van der Waals surface area (Å²) in [4.78, 5) is 20.0. The van der Waals surface area contributed by atoms with Crippen molar-refractivity contribution in [1.29, 1.82) is 0 Å². The Morgan fingerprint density at radius 3 is 3.00 bits per heavy atom. The molecule has 106 valence electrons. The molecule has 3 rings (SSSR count). The number of H-pyrrole nitrogens is 1. The molecule has 3 heterocycles. The van der Waals surface area contributed by atoms with E-state index in [0.717, 1.165) is 17.7 Å². The van der Waals surface area contributed by atoms with Crippen LogP contribution in [-0.2, 0) is 24.3 Å². The number of aromatic nitrogens is 3. The normalized spacial score (nSPS) is 17.1. The van der Waals surface area contributed by atoms with Crippen molar-refractivity contribution in [3.63, 3.8) is 0 Å². The van der Waals surface area contributed by atoms with Gasteiger partial charge < -0.3 is 9.72 Å². The van der Waals surface area contributed by atoms with E-state index in [1.807, 2.05) is 26.8 Å². The van der Waals surface area contributed by atoms with Crippen molar-refractivity contribution in [2.75, 3.05) is 0 Å². The Kier molecular flexibility index (Phi) is 3.02. The Bertz CT molecular complexity index is 804. The summed E-state index contributed by atoms with van der Waals surface area (Å²) in [5.41, 5.74) is 2.23. The Morgan fingerprint density at radius 1 is 1.55 bits per heavy atom. The molecule has 0 amide bonds. The van der Waals surface area contributed by atoms with Gasteiger partial charge >= 0.3 is 0 Å². The molecule has 0 aromatic carbocycles. The fourth-order valence-electron chi connectivity index (χ4n) is 2.55. The molecule has 0 saturated heterocycles. The standard InChI is InChI=1S/C14H17N3O2S/c1-4-17-12(18)9-5-8-7-19-14(2,3)6-10(8)15-11(9)16-13(17)20/h5H,4,6-7H2,1-3H3,(H,15,16,20). The first-order valence-electron chi connectivity index (χ1n) is 6.71. The molecule has 0 bridgehead atoms. The lowest BCUT2D eigenvalue weighted by atomic mass is 9.95. The van der Waals surface area contributed by atoms with E-state index in [0.29, 0.717) is 29.0 Å². The molecule has 0 unspecified atom stereocenters. The molecule has 0 atom stereocenters. The predicted molar refractivity (Wildman–Crippen MR) is 79.4 cm³/mol. The van der Waals surface area contributed by atoms with Crippen LogP contribution in [0.2, 0.25) is 0 Å². The van der Waals surface area contributed by atoms with Crippen LogP contribution in [0.5, 0.6) is 0 Å². The van der Waals surface area contributed by atoms with Crippen LogP contribution in [0.3, 0.4) is 0 Å². The third-order valence-electron chi connectivity index (χ3n) is 3.66. The van der Waals surface area contributed by atoms with Crippen LogP contribution in [-0.4, -0.2) is 20.1 Å². The van der Waals surface area contributed by atoms with E-state index in [1.165, 1.54) is 0 Å². The van der Waals surface area contributed by atoms with Gasteiger partial charge in [-0.05, 0) is 39.1 Å². The van der Waals surface area contributed by atoms with Crippen LogP contribution in [0.15, 0.2) is 10.9 Å². The van der Waals surface area contributed by atoms with E-state index < -0.39 is 0 Å². The average Bonchev–Trinajstić information content (AvgIpc) is 2.36. The van der Waals surface area contributed by atoms with Gasteiger partial charge in [-0.2, -0.15) is 0 Å². The molecular weight excluding hydrogens is 274 g/mol. The second-order valence-electron chi connectivity index (χ2n) is 5.70. The maximum absolute atomic E-state index is 12.4. The maximum atomic E-state index is 12.4. The molecular formula is C14H17N3O2S. The number of nitrogens with one attached hydrogen (secondary N) is 1. The highest BCUT2D eigenvalue weighted by atomic mass is 32.1. The number of rotatable bonds is 1. The number of hydrogen-bond donors (Lipinski definition) is 1. The van der Waals surface area contributed by atoms with Crippen LogP contribution < -0.4 is 5.56 Å². The van der Waals surface area contributed by atoms with Crippen LogP contribution in [0.1, 0.15) is 32.0 Å². The Hall–Kier alpha value is -1.53. The first kappa shape index (κ1) is 13.5. The Labute approximate surface area is 121 Å². The van der Waals surface area contributed by atoms with Gasteiger partial charge in [0.05, 0.1) is 23.3 Å². The topological polar surface area (TPSA) is 59.9 Å². The molecule has 0 spiro atoms. The van der Waals surface area contributed by atoms with Gasteiger partial charge in [0.2, 0.25) is 0 Å². The van der Waals surface area contributed by atoms with Gasteiger partial charge in [0.25, 0.3) is 5.56 Å². The summed E-state index contributed by atoms with van der Waals surface area (Å²) in [5, 5.41) is 0.572. The quantitative estimate of drug-likeness (QED) is 0.819. The van der Waals surface area contributed by atoms with Gasteiger partial charge in [-0.15, -0.1) is 0 Å². The smallest absolute Gasteiger partial charge is 0.263 e. The van der Waals surface area contributed by atoms with Gasteiger partial charge in [-0.3, -0.25) is 9.36 Å². The number of pyridine rings is 1. The number of ether oxygens (including phenoxy) is 1. The summed E-state index contributed by atoms with van der Waals surface area (Å²) >= 11 is 5.21. The third kappa shape index (κ3) is 2.09. The van der Waals surface area contributed by atoms with Crippen molar-refractivity contribution in [2.24, 2.45) is 0 Å². The van der Waals surface area contributed by atoms with E-state index in [1.54, 1.807) is 4.57 Å². The van der Waals surface area contributed by atoms with E-state index in [-0.39, 0.29) is 11.2 Å². The van der Waals surface area contributed by atoms with Crippen molar-refractivity contribution >= 4 is 23.3 Å². The Morgan fingerprint density at radius 2 is 2.30 bits per heavy atom. The molecule has 2 aromatic heterocycles. The fourth-order valence-corrected chi connectivity index (χ4v) is 2.86. The van der Waals surface area contributed by atoms with Gasteiger partial charge in [0.15, 0.2) is 4.77 Å². The molecule has 0 fully saturated rings. The highest BCUT2D eigenvalue weighted by molar-refractivity contribution is 7.71. The second kappa shape index (κ2) is 4.49. The lowest BCUT2D eigenvalue weighted by Crippen LogP contribution is -2.33. The fraction of sp³-hybridized carbons (Fsp3) is 0.500. The summed E-state index contributed by atoms with van der Waals surface area (Å²) in [7, 11) is 0. The molecule has 0 radical (unpaired) electrons. The maximum Gasteiger partial charge on any atom is 0.263 e. The van der Waals surface area contributed by atoms with E-state index in [4.69, 9.17) is 17.0 Å². The van der Waals surface area contributed by atoms with Crippen molar-refractivity contribution in [2.45, 2.75) is 45.9 Å². The van der Waals surface area contributed by atoms with Gasteiger partial charge in [-0.25, -0.2) is 4.98 Å². The summed E-state index contributed by atoms with van der Waals surface area (Å²) in [6, 6.07) is 1.88. The molecule has 0 saturated carbocycles. The van der Waals surface area contributed by atoms with Gasteiger partial charge in [0, 0.05) is 18.5 Å². The van der Waals surface area contributed by atoms with E-state index in [2.05, 4.69) is 9.97 Å². The first-order chi connectivity index (χ1) is 9.41. The first-order valence-corrected chi connectivity index (χ1v) is 7.12. The molecule has 2 aromatic rings. The Balaban J connectivity index is 2.29. The number of aromatic amines is 1. The average molecular weight is 291 g/mol. The third-order valence-corrected chi connectivity index (χ3v) is 3.99. The molecule has 0 aliphatic carbocycles. The minimum atomic E-state index is -0.219. The zero-order chi connectivity index (χ0) is 14.5. The monoisotopic (exact) mass is 291 g/mol. The van der Waals surface area contributed by atoms with Crippen molar-refractivity contribution in [3.8, 4) is 0 Å². The summed E-state index contributed by atoms with van der Waals surface area (Å²) in [6.07, 6.45) is 0.732. The predicted octanol–water partition coefficient (Wildman–Crippen LogP) is 2.33. The van der Waals surface area contributed by atoms with Crippen LogP contribution in [0, 0.1) is 4.77 Å². The largest absolute Gasteiger partial charge is 0.370 e. The lowest BCUT2D eigenvalue weighted by molar-refractivity contribution is -0.0411. The second-order valence-corrected chi connectivity index (χ2v) is 6.08. The molecule has 6 heteroatoms. The number of hydrogen-bond acceptors (Lipinski definition) is 4. The highest BCUT2D eigenvalue weighted by Gasteiger charge is 2.27. The number of nitrogens with zero attached hydrogens (tertiary/aromatic N) is 2.